The molecule has 0 saturated carbocycles. The van der Waals surface area contributed by atoms with Crippen LogP contribution in [0.2, 0.25) is 0 Å². The number of unbranched alkanes of at least 4 members (excludes halogenated alkanes) is 2. The summed E-state index contributed by atoms with van der Waals surface area (Å²) in [6.07, 6.45) is 3.19. The summed E-state index contributed by atoms with van der Waals surface area (Å²) in [6, 6.07) is 0.359. The maximum atomic E-state index is 11.2. The van der Waals surface area contributed by atoms with Crippen molar-refractivity contribution in [2.24, 2.45) is 0 Å². The van der Waals surface area contributed by atoms with Gasteiger partial charge in [-0.3, -0.25) is 4.79 Å². The first-order valence-electron chi connectivity index (χ1n) is 5.66. The maximum absolute atomic E-state index is 11.2. The Balaban J connectivity index is 3.17. The van der Waals surface area contributed by atoms with E-state index in [2.05, 4.69) is 10.6 Å². The van der Waals surface area contributed by atoms with E-state index in [1.165, 1.54) is 0 Å². The van der Waals surface area contributed by atoms with E-state index in [1.54, 1.807) is 7.11 Å². The SMILES string of the molecule is COCCCCCNC(=O)CNC(C)C. The highest BCUT2D eigenvalue weighted by Crippen LogP contribution is 1.93. The van der Waals surface area contributed by atoms with Crippen molar-refractivity contribution in [1.82, 2.24) is 10.6 Å². The van der Waals surface area contributed by atoms with E-state index in [0.717, 1.165) is 32.4 Å². The van der Waals surface area contributed by atoms with Crippen molar-refractivity contribution in [1.29, 1.82) is 0 Å². The molecule has 0 aliphatic heterocycles. The summed E-state index contributed by atoms with van der Waals surface area (Å²) >= 11 is 0. The first-order valence-corrected chi connectivity index (χ1v) is 5.66. The Bertz CT molecular complexity index is 161. The van der Waals surface area contributed by atoms with Crippen LogP contribution in [0.4, 0.5) is 0 Å². The third kappa shape index (κ3) is 11.3. The fourth-order valence-corrected chi connectivity index (χ4v) is 1.14. The third-order valence-corrected chi connectivity index (χ3v) is 2.02. The monoisotopic (exact) mass is 216 g/mol. The molecule has 2 N–H and O–H groups in total. The molecule has 4 heteroatoms. The van der Waals surface area contributed by atoms with Gasteiger partial charge in [0, 0.05) is 26.3 Å². The first-order chi connectivity index (χ1) is 7.16. The molecule has 15 heavy (non-hydrogen) atoms. The van der Waals surface area contributed by atoms with Crippen LogP contribution in [0.5, 0.6) is 0 Å². The minimum absolute atomic E-state index is 0.0791. The average molecular weight is 216 g/mol. The average Bonchev–Trinajstić information content (AvgIpc) is 2.20. The van der Waals surface area contributed by atoms with Crippen LogP contribution >= 0.6 is 0 Å². The van der Waals surface area contributed by atoms with Crippen molar-refractivity contribution in [3.8, 4) is 0 Å². The minimum atomic E-state index is 0.0791. The summed E-state index contributed by atoms with van der Waals surface area (Å²) in [5.41, 5.74) is 0. The van der Waals surface area contributed by atoms with Crippen LogP contribution in [-0.4, -0.2) is 38.8 Å². The van der Waals surface area contributed by atoms with Gasteiger partial charge in [0.25, 0.3) is 0 Å². The van der Waals surface area contributed by atoms with Gasteiger partial charge in [-0.15, -0.1) is 0 Å². The highest BCUT2D eigenvalue weighted by atomic mass is 16.5. The third-order valence-electron chi connectivity index (χ3n) is 2.02. The largest absolute Gasteiger partial charge is 0.385 e. The number of rotatable bonds is 9. The highest BCUT2D eigenvalue weighted by Gasteiger charge is 2.00. The summed E-state index contributed by atoms with van der Waals surface area (Å²) in [5.74, 6) is 0.0791. The number of ether oxygens (including phenoxy) is 1. The van der Waals surface area contributed by atoms with E-state index in [4.69, 9.17) is 4.74 Å². The quantitative estimate of drug-likeness (QED) is 0.563. The smallest absolute Gasteiger partial charge is 0.233 e. The second-order valence-electron chi connectivity index (χ2n) is 3.94. The number of nitrogens with one attached hydrogen (secondary N) is 2. The number of carbonyl (C=O) groups excluding carboxylic acids is 1. The van der Waals surface area contributed by atoms with Gasteiger partial charge in [0.05, 0.1) is 6.54 Å². The molecule has 0 rings (SSSR count). The molecule has 0 saturated heterocycles. The molecule has 0 spiro atoms. The van der Waals surface area contributed by atoms with E-state index in [0.29, 0.717) is 12.6 Å². The first kappa shape index (κ1) is 14.4. The molecule has 0 atom stereocenters. The molecule has 0 aliphatic rings. The van der Waals surface area contributed by atoms with Crippen molar-refractivity contribution >= 4 is 5.91 Å². The van der Waals surface area contributed by atoms with Gasteiger partial charge in [-0.1, -0.05) is 13.8 Å². The lowest BCUT2D eigenvalue weighted by atomic mass is 10.2. The zero-order chi connectivity index (χ0) is 11.5. The van der Waals surface area contributed by atoms with Gasteiger partial charge >= 0.3 is 0 Å². The molecule has 0 radical (unpaired) electrons. The van der Waals surface area contributed by atoms with E-state index in [9.17, 15) is 4.79 Å². The standard InChI is InChI=1S/C11H24N2O2/c1-10(2)13-9-11(14)12-7-5-4-6-8-15-3/h10,13H,4-9H2,1-3H3,(H,12,14). The molecule has 0 aliphatic carbocycles. The topological polar surface area (TPSA) is 50.4 Å². The van der Waals surface area contributed by atoms with Crippen molar-refractivity contribution in [2.75, 3.05) is 26.8 Å². The van der Waals surface area contributed by atoms with Gasteiger partial charge in [0.2, 0.25) is 5.91 Å². The van der Waals surface area contributed by atoms with Crippen molar-refractivity contribution < 1.29 is 9.53 Å². The summed E-state index contributed by atoms with van der Waals surface area (Å²) < 4.78 is 4.94. The van der Waals surface area contributed by atoms with Gasteiger partial charge in [-0.25, -0.2) is 0 Å². The molecule has 0 aromatic carbocycles. The number of carbonyl (C=O) groups is 1. The second-order valence-corrected chi connectivity index (χ2v) is 3.94. The predicted molar refractivity (Wildman–Crippen MR) is 61.9 cm³/mol. The van der Waals surface area contributed by atoms with Gasteiger partial charge in [0.1, 0.15) is 0 Å². The van der Waals surface area contributed by atoms with E-state index in [1.807, 2.05) is 13.8 Å². The van der Waals surface area contributed by atoms with E-state index >= 15 is 0 Å². The second kappa shape index (κ2) is 9.93. The van der Waals surface area contributed by atoms with Crippen LogP contribution < -0.4 is 10.6 Å². The molecule has 0 heterocycles. The van der Waals surface area contributed by atoms with Crippen LogP contribution in [0, 0.1) is 0 Å². The van der Waals surface area contributed by atoms with E-state index < -0.39 is 0 Å². The molecule has 0 aromatic rings. The molecule has 0 unspecified atom stereocenters. The van der Waals surface area contributed by atoms with Gasteiger partial charge in [-0.05, 0) is 19.3 Å². The summed E-state index contributed by atoms with van der Waals surface area (Å²) in [5, 5.41) is 5.95. The Kier molecular flexibility index (Phi) is 9.52. The van der Waals surface area contributed by atoms with Crippen molar-refractivity contribution in [2.45, 2.75) is 39.2 Å². The Labute approximate surface area is 92.8 Å². The van der Waals surface area contributed by atoms with Crippen molar-refractivity contribution in [3.63, 3.8) is 0 Å². The molecule has 1 amide bonds. The summed E-state index contributed by atoms with van der Waals surface area (Å²) in [4.78, 5) is 11.2. The van der Waals surface area contributed by atoms with Gasteiger partial charge < -0.3 is 15.4 Å². The highest BCUT2D eigenvalue weighted by molar-refractivity contribution is 5.77. The molecule has 4 nitrogen and oxygen atoms in total. The lowest BCUT2D eigenvalue weighted by molar-refractivity contribution is -0.120. The van der Waals surface area contributed by atoms with Gasteiger partial charge in [-0.2, -0.15) is 0 Å². The fourth-order valence-electron chi connectivity index (χ4n) is 1.14. The Morgan fingerprint density at radius 3 is 2.60 bits per heavy atom. The number of amides is 1. The molecule has 0 bridgehead atoms. The molecule has 0 aromatic heterocycles. The fraction of sp³-hybridized carbons (Fsp3) is 0.909. The van der Waals surface area contributed by atoms with Crippen LogP contribution in [-0.2, 0) is 9.53 Å². The molecular formula is C11H24N2O2. The Morgan fingerprint density at radius 1 is 1.27 bits per heavy atom. The van der Waals surface area contributed by atoms with Crippen LogP contribution in [0.3, 0.4) is 0 Å². The van der Waals surface area contributed by atoms with Crippen LogP contribution in [0.15, 0.2) is 0 Å². The molecule has 90 valence electrons. The Hall–Kier alpha value is -0.610. The van der Waals surface area contributed by atoms with Crippen LogP contribution in [0.25, 0.3) is 0 Å². The van der Waals surface area contributed by atoms with Gasteiger partial charge in [0.15, 0.2) is 0 Å². The minimum Gasteiger partial charge on any atom is -0.385 e. The number of hydrogen-bond donors (Lipinski definition) is 2. The summed E-state index contributed by atoms with van der Waals surface area (Å²) in [6.45, 7) is 6.04. The lowest BCUT2D eigenvalue weighted by Crippen LogP contribution is -2.37. The number of hydrogen-bond acceptors (Lipinski definition) is 3. The molecule has 0 fully saturated rings. The zero-order valence-electron chi connectivity index (χ0n) is 10.1. The maximum Gasteiger partial charge on any atom is 0.233 e. The lowest BCUT2D eigenvalue weighted by Gasteiger charge is -2.08. The number of methoxy groups -OCH3 is 1. The normalized spacial score (nSPS) is 10.7. The van der Waals surface area contributed by atoms with Crippen molar-refractivity contribution in [3.05, 3.63) is 0 Å². The zero-order valence-corrected chi connectivity index (χ0v) is 10.1. The Morgan fingerprint density at radius 2 is 2.00 bits per heavy atom. The van der Waals surface area contributed by atoms with E-state index in [-0.39, 0.29) is 5.91 Å². The summed E-state index contributed by atoms with van der Waals surface area (Å²) in [7, 11) is 1.71. The predicted octanol–water partition coefficient (Wildman–Crippen LogP) is 0.917. The molecular weight excluding hydrogens is 192 g/mol. The van der Waals surface area contributed by atoms with Crippen LogP contribution in [0.1, 0.15) is 33.1 Å².